The van der Waals surface area contributed by atoms with Crippen molar-refractivity contribution in [2.75, 3.05) is 13.1 Å². The Morgan fingerprint density at radius 1 is 1.28 bits per heavy atom. The number of rotatable bonds is 3. The Bertz CT molecular complexity index is 510. The van der Waals surface area contributed by atoms with E-state index in [2.05, 4.69) is 25.5 Å². The zero-order chi connectivity index (χ0) is 12.4. The fraction of sp³-hybridized carbons (Fsp3) is 0.462. The van der Waals surface area contributed by atoms with Gasteiger partial charge < -0.3 is 5.32 Å². The van der Waals surface area contributed by atoms with E-state index in [1.54, 1.807) is 6.20 Å². The number of nitrogens with one attached hydrogen (secondary N) is 2. The summed E-state index contributed by atoms with van der Waals surface area (Å²) in [7, 11) is 0. The summed E-state index contributed by atoms with van der Waals surface area (Å²) in [5.74, 6) is 0.709. The Morgan fingerprint density at radius 3 is 2.83 bits per heavy atom. The van der Waals surface area contributed by atoms with Crippen molar-refractivity contribution in [2.24, 2.45) is 5.92 Å². The Labute approximate surface area is 106 Å². The van der Waals surface area contributed by atoms with Crippen LogP contribution < -0.4 is 5.32 Å². The Morgan fingerprint density at radius 2 is 2.22 bits per heavy atom. The van der Waals surface area contributed by atoms with Gasteiger partial charge in [0, 0.05) is 17.5 Å². The molecule has 3 heterocycles. The normalized spacial score (nSPS) is 19.3. The predicted octanol–water partition coefficient (Wildman–Crippen LogP) is 1.33. The molecule has 3 rings (SSSR count). The molecule has 0 unspecified atom stereocenters. The number of hydrogen-bond donors (Lipinski definition) is 2. The summed E-state index contributed by atoms with van der Waals surface area (Å²) in [4.78, 5) is 8.99. The molecule has 5 heteroatoms. The second-order valence-corrected chi connectivity index (χ2v) is 4.86. The molecule has 1 aliphatic heterocycles. The highest BCUT2D eigenvalue weighted by Crippen LogP contribution is 2.19. The Hall–Kier alpha value is -1.75. The predicted molar refractivity (Wildman–Crippen MR) is 69.0 cm³/mol. The summed E-state index contributed by atoms with van der Waals surface area (Å²) in [6.45, 7) is 4.22. The zero-order valence-corrected chi connectivity index (χ0v) is 10.5. The molecule has 0 saturated carbocycles. The van der Waals surface area contributed by atoms with Gasteiger partial charge in [0.15, 0.2) is 0 Å². The van der Waals surface area contributed by atoms with Gasteiger partial charge >= 0.3 is 0 Å². The maximum absolute atomic E-state index is 4.51. The first-order valence-corrected chi connectivity index (χ1v) is 6.35. The van der Waals surface area contributed by atoms with E-state index in [1.165, 1.54) is 6.42 Å². The first-order chi connectivity index (χ1) is 8.83. The van der Waals surface area contributed by atoms with Crippen LogP contribution in [0.2, 0.25) is 0 Å². The van der Waals surface area contributed by atoms with Gasteiger partial charge in [-0.3, -0.25) is 15.1 Å². The summed E-state index contributed by atoms with van der Waals surface area (Å²) in [6.07, 6.45) is 7.78. The van der Waals surface area contributed by atoms with Crippen LogP contribution in [0.4, 0.5) is 0 Å². The smallest absolute Gasteiger partial charge is 0.0919 e. The van der Waals surface area contributed by atoms with Crippen molar-refractivity contribution in [3.8, 4) is 11.3 Å². The number of aromatic amines is 1. The van der Waals surface area contributed by atoms with Crippen molar-refractivity contribution in [3.63, 3.8) is 0 Å². The van der Waals surface area contributed by atoms with Crippen LogP contribution in [0, 0.1) is 12.8 Å². The number of H-pyrrole nitrogens is 1. The third-order valence-corrected chi connectivity index (χ3v) is 3.47. The second kappa shape index (κ2) is 4.86. The summed E-state index contributed by atoms with van der Waals surface area (Å²) in [5, 5.41) is 10.3. The standard InChI is InChI=1S/C13H17N5/c1-9-12(7-17-18-9)13-8-15-11(6-16-13)4-10-2-3-14-5-10/h6-8,10,14H,2-5H2,1H3,(H,17,18)/t10-/m1/s1. The van der Waals surface area contributed by atoms with Crippen LogP contribution in [0.25, 0.3) is 11.3 Å². The molecule has 5 nitrogen and oxygen atoms in total. The summed E-state index contributed by atoms with van der Waals surface area (Å²) in [6, 6.07) is 0. The fourth-order valence-corrected chi connectivity index (χ4v) is 2.39. The van der Waals surface area contributed by atoms with Gasteiger partial charge in [0.1, 0.15) is 0 Å². The lowest BCUT2D eigenvalue weighted by molar-refractivity contribution is 0.570. The SMILES string of the molecule is Cc1[nH]ncc1-c1cnc(C[C@H]2CCNC2)cn1. The molecule has 94 valence electrons. The first-order valence-electron chi connectivity index (χ1n) is 6.35. The van der Waals surface area contributed by atoms with Crippen LogP contribution in [0.1, 0.15) is 17.8 Å². The van der Waals surface area contributed by atoms with Crippen LogP contribution in [0.3, 0.4) is 0 Å². The largest absolute Gasteiger partial charge is 0.316 e. The lowest BCUT2D eigenvalue weighted by atomic mass is 10.0. The quantitative estimate of drug-likeness (QED) is 0.853. The molecule has 0 bridgehead atoms. The van der Waals surface area contributed by atoms with Crippen molar-refractivity contribution < 1.29 is 0 Å². The molecule has 2 aromatic rings. The van der Waals surface area contributed by atoms with E-state index in [0.29, 0.717) is 5.92 Å². The van der Waals surface area contributed by atoms with Crippen molar-refractivity contribution in [1.29, 1.82) is 0 Å². The molecule has 1 saturated heterocycles. The van der Waals surface area contributed by atoms with Gasteiger partial charge in [0.2, 0.25) is 0 Å². The average Bonchev–Trinajstić information content (AvgIpc) is 3.02. The summed E-state index contributed by atoms with van der Waals surface area (Å²) in [5.41, 5.74) is 4.01. The van der Waals surface area contributed by atoms with Gasteiger partial charge in [-0.25, -0.2) is 0 Å². The summed E-state index contributed by atoms with van der Waals surface area (Å²) < 4.78 is 0. The minimum atomic E-state index is 0.709. The monoisotopic (exact) mass is 243 g/mol. The van der Waals surface area contributed by atoms with Crippen molar-refractivity contribution in [3.05, 3.63) is 30.0 Å². The first kappa shape index (κ1) is 11.3. The van der Waals surface area contributed by atoms with Gasteiger partial charge in [-0.05, 0) is 38.8 Å². The van der Waals surface area contributed by atoms with Gasteiger partial charge in [0.05, 0.1) is 23.8 Å². The molecule has 0 spiro atoms. The molecule has 0 aliphatic carbocycles. The molecule has 2 aromatic heterocycles. The van der Waals surface area contributed by atoms with Gasteiger partial charge in [-0.1, -0.05) is 0 Å². The lowest BCUT2D eigenvalue weighted by Crippen LogP contribution is -2.11. The third-order valence-electron chi connectivity index (χ3n) is 3.47. The molecule has 1 aliphatic rings. The van der Waals surface area contributed by atoms with E-state index >= 15 is 0 Å². The van der Waals surface area contributed by atoms with Crippen LogP contribution in [-0.4, -0.2) is 33.3 Å². The highest BCUT2D eigenvalue weighted by atomic mass is 15.1. The molecular weight excluding hydrogens is 226 g/mol. The highest BCUT2D eigenvalue weighted by molar-refractivity contribution is 5.59. The topological polar surface area (TPSA) is 66.5 Å². The van der Waals surface area contributed by atoms with E-state index in [0.717, 1.165) is 42.2 Å². The minimum Gasteiger partial charge on any atom is -0.316 e. The van der Waals surface area contributed by atoms with Crippen molar-refractivity contribution >= 4 is 0 Å². The maximum atomic E-state index is 4.51. The number of hydrogen-bond acceptors (Lipinski definition) is 4. The molecule has 1 atom stereocenters. The van der Waals surface area contributed by atoms with Gasteiger partial charge in [-0.2, -0.15) is 5.10 Å². The second-order valence-electron chi connectivity index (χ2n) is 4.86. The maximum Gasteiger partial charge on any atom is 0.0919 e. The minimum absolute atomic E-state index is 0.709. The van der Waals surface area contributed by atoms with Gasteiger partial charge in [0.25, 0.3) is 0 Å². The summed E-state index contributed by atoms with van der Waals surface area (Å²) >= 11 is 0. The van der Waals surface area contributed by atoms with E-state index in [-0.39, 0.29) is 0 Å². The van der Waals surface area contributed by atoms with Crippen molar-refractivity contribution in [1.82, 2.24) is 25.5 Å². The number of aryl methyl sites for hydroxylation is 1. The molecular formula is C13H17N5. The Balaban J connectivity index is 1.74. The van der Waals surface area contributed by atoms with Crippen LogP contribution in [0.15, 0.2) is 18.6 Å². The van der Waals surface area contributed by atoms with Crippen molar-refractivity contribution in [2.45, 2.75) is 19.8 Å². The third kappa shape index (κ3) is 2.26. The van der Waals surface area contributed by atoms with Crippen LogP contribution >= 0.6 is 0 Å². The van der Waals surface area contributed by atoms with Crippen LogP contribution in [0.5, 0.6) is 0 Å². The number of aromatic nitrogens is 4. The van der Waals surface area contributed by atoms with E-state index in [4.69, 9.17) is 0 Å². The van der Waals surface area contributed by atoms with Crippen LogP contribution in [-0.2, 0) is 6.42 Å². The molecule has 0 amide bonds. The number of nitrogens with zero attached hydrogens (tertiary/aromatic N) is 3. The molecule has 0 radical (unpaired) electrons. The van der Waals surface area contributed by atoms with E-state index in [9.17, 15) is 0 Å². The van der Waals surface area contributed by atoms with E-state index < -0.39 is 0 Å². The highest BCUT2D eigenvalue weighted by Gasteiger charge is 2.15. The Kier molecular flexibility index (Phi) is 3.06. The fourth-order valence-electron chi connectivity index (χ4n) is 2.39. The van der Waals surface area contributed by atoms with E-state index in [1.807, 2.05) is 19.3 Å². The molecule has 2 N–H and O–H groups in total. The molecule has 18 heavy (non-hydrogen) atoms. The zero-order valence-electron chi connectivity index (χ0n) is 10.5. The van der Waals surface area contributed by atoms with Gasteiger partial charge in [-0.15, -0.1) is 0 Å². The molecule has 1 fully saturated rings. The average molecular weight is 243 g/mol. The molecule has 0 aromatic carbocycles. The lowest BCUT2D eigenvalue weighted by Gasteiger charge is -2.07.